The number of rotatable bonds is 8. The molecule has 0 radical (unpaired) electrons. The zero-order valence-corrected chi connectivity index (χ0v) is 18.8. The van der Waals surface area contributed by atoms with Gasteiger partial charge in [-0.15, -0.1) is 24.0 Å². The second kappa shape index (κ2) is 11.9. The minimum atomic E-state index is 0. The lowest BCUT2D eigenvalue weighted by Crippen LogP contribution is -2.37. The molecule has 3 aromatic rings. The van der Waals surface area contributed by atoms with Gasteiger partial charge in [-0.3, -0.25) is 4.99 Å². The first-order valence-electron chi connectivity index (χ1n) is 9.00. The van der Waals surface area contributed by atoms with Crippen LogP contribution < -0.4 is 20.1 Å². The molecule has 0 fully saturated rings. The number of benzene rings is 1. The van der Waals surface area contributed by atoms with E-state index in [1.54, 1.807) is 26.6 Å². The second-order valence-corrected chi connectivity index (χ2v) is 5.96. The lowest BCUT2D eigenvalue weighted by Gasteiger charge is -2.11. The molecule has 0 aliphatic rings. The number of aliphatic imine (C=N–C) groups is 1. The molecule has 2 aromatic heterocycles. The van der Waals surface area contributed by atoms with Crippen molar-refractivity contribution in [3.63, 3.8) is 0 Å². The number of nitrogens with one attached hydrogen (secondary N) is 2. The van der Waals surface area contributed by atoms with Gasteiger partial charge in [0, 0.05) is 38.8 Å². The number of furan rings is 1. The Labute approximate surface area is 187 Å². The Hall–Kier alpha value is -2.75. The van der Waals surface area contributed by atoms with E-state index in [9.17, 15) is 0 Å². The summed E-state index contributed by atoms with van der Waals surface area (Å²) in [5, 5.41) is 6.52. The number of nitrogens with zero attached hydrogens (tertiary/aromatic N) is 2. The molecule has 0 bridgehead atoms. The Morgan fingerprint density at radius 2 is 1.86 bits per heavy atom. The van der Waals surface area contributed by atoms with Crippen molar-refractivity contribution in [2.24, 2.45) is 4.99 Å². The lowest BCUT2D eigenvalue weighted by molar-refractivity contribution is 0.412. The molecular weight excluding hydrogens is 483 g/mol. The van der Waals surface area contributed by atoms with Crippen LogP contribution in [0.4, 0.5) is 0 Å². The van der Waals surface area contributed by atoms with Gasteiger partial charge in [-0.05, 0) is 42.0 Å². The highest BCUT2D eigenvalue weighted by atomic mass is 127. The molecule has 8 heteroatoms. The van der Waals surface area contributed by atoms with Crippen molar-refractivity contribution in [3.05, 3.63) is 72.3 Å². The maximum atomic E-state index is 5.74. The van der Waals surface area contributed by atoms with Crippen molar-refractivity contribution < 1.29 is 13.9 Å². The fourth-order valence-corrected chi connectivity index (χ4v) is 2.51. The smallest absolute Gasteiger partial charge is 0.219 e. The highest BCUT2D eigenvalue weighted by Gasteiger charge is 2.03. The van der Waals surface area contributed by atoms with Crippen LogP contribution in [0.5, 0.6) is 17.4 Å². The van der Waals surface area contributed by atoms with Crippen LogP contribution in [0, 0.1) is 0 Å². The molecule has 0 unspecified atom stereocenters. The maximum Gasteiger partial charge on any atom is 0.219 e. The summed E-state index contributed by atoms with van der Waals surface area (Å²) >= 11 is 0. The van der Waals surface area contributed by atoms with Gasteiger partial charge in [0.2, 0.25) is 5.88 Å². The predicted molar refractivity (Wildman–Crippen MR) is 123 cm³/mol. The summed E-state index contributed by atoms with van der Waals surface area (Å²) in [6.45, 7) is 1.34. The molecule has 2 N–H and O–H groups in total. The number of halogens is 1. The Balaban J connectivity index is 0.00000300. The molecular formula is C21H25IN4O3. The van der Waals surface area contributed by atoms with E-state index in [0.29, 0.717) is 18.2 Å². The number of ether oxygens (including phenoxy) is 2. The molecule has 0 saturated heterocycles. The molecule has 0 amide bonds. The van der Waals surface area contributed by atoms with E-state index in [2.05, 4.69) is 20.6 Å². The SMILES string of the molecule is CN=C(NCCc1ccco1)NCc1ccc(Oc2ccc(OC)cc2)nc1.I. The molecule has 3 rings (SSSR count). The van der Waals surface area contributed by atoms with Crippen molar-refractivity contribution in [1.29, 1.82) is 0 Å². The molecule has 29 heavy (non-hydrogen) atoms. The van der Waals surface area contributed by atoms with E-state index in [4.69, 9.17) is 13.9 Å². The van der Waals surface area contributed by atoms with Crippen LogP contribution in [-0.2, 0) is 13.0 Å². The summed E-state index contributed by atoms with van der Waals surface area (Å²) in [7, 11) is 3.37. The number of methoxy groups -OCH3 is 1. The number of aromatic nitrogens is 1. The number of guanidine groups is 1. The van der Waals surface area contributed by atoms with Crippen LogP contribution in [0.15, 0.2) is 70.4 Å². The van der Waals surface area contributed by atoms with Gasteiger partial charge in [-0.1, -0.05) is 6.07 Å². The lowest BCUT2D eigenvalue weighted by atomic mass is 10.3. The third-order valence-corrected chi connectivity index (χ3v) is 4.01. The van der Waals surface area contributed by atoms with Crippen molar-refractivity contribution in [1.82, 2.24) is 15.6 Å². The average molecular weight is 508 g/mol. The Morgan fingerprint density at radius 3 is 2.48 bits per heavy atom. The fraction of sp³-hybridized carbons (Fsp3) is 0.238. The minimum absolute atomic E-state index is 0. The Morgan fingerprint density at radius 1 is 1.07 bits per heavy atom. The molecule has 0 atom stereocenters. The summed E-state index contributed by atoms with van der Waals surface area (Å²) in [5.41, 5.74) is 1.02. The van der Waals surface area contributed by atoms with Crippen LogP contribution >= 0.6 is 24.0 Å². The minimum Gasteiger partial charge on any atom is -0.497 e. The molecule has 1 aromatic carbocycles. The normalized spacial score (nSPS) is 10.8. The van der Waals surface area contributed by atoms with Crippen molar-refractivity contribution in [3.8, 4) is 17.4 Å². The number of pyridine rings is 1. The van der Waals surface area contributed by atoms with Crippen LogP contribution in [0.25, 0.3) is 0 Å². The molecule has 0 spiro atoms. The Kier molecular flexibility index (Phi) is 9.29. The van der Waals surface area contributed by atoms with Crippen molar-refractivity contribution in [2.75, 3.05) is 20.7 Å². The molecule has 7 nitrogen and oxygen atoms in total. The second-order valence-electron chi connectivity index (χ2n) is 5.96. The van der Waals surface area contributed by atoms with E-state index in [1.807, 2.05) is 48.5 Å². The quantitative estimate of drug-likeness (QED) is 0.272. The van der Waals surface area contributed by atoms with E-state index in [0.717, 1.165) is 36.0 Å². The van der Waals surface area contributed by atoms with Gasteiger partial charge >= 0.3 is 0 Å². The van der Waals surface area contributed by atoms with E-state index in [1.165, 1.54) is 0 Å². The van der Waals surface area contributed by atoms with E-state index >= 15 is 0 Å². The first kappa shape index (κ1) is 22.5. The third-order valence-electron chi connectivity index (χ3n) is 4.01. The summed E-state index contributed by atoms with van der Waals surface area (Å²) < 4.78 is 16.2. The number of hydrogen-bond donors (Lipinski definition) is 2. The highest BCUT2D eigenvalue weighted by Crippen LogP contribution is 2.22. The molecule has 154 valence electrons. The van der Waals surface area contributed by atoms with Gasteiger partial charge in [0.15, 0.2) is 5.96 Å². The first-order chi connectivity index (χ1) is 13.8. The predicted octanol–water partition coefficient (Wildman–Crippen LogP) is 4.00. The molecule has 0 aliphatic heterocycles. The summed E-state index contributed by atoms with van der Waals surface area (Å²) in [6.07, 6.45) is 4.26. The van der Waals surface area contributed by atoms with Gasteiger partial charge in [0.25, 0.3) is 0 Å². The van der Waals surface area contributed by atoms with Crippen molar-refractivity contribution in [2.45, 2.75) is 13.0 Å². The monoisotopic (exact) mass is 508 g/mol. The first-order valence-corrected chi connectivity index (χ1v) is 9.00. The maximum absolute atomic E-state index is 5.74. The largest absolute Gasteiger partial charge is 0.497 e. The van der Waals surface area contributed by atoms with Gasteiger partial charge in [0.05, 0.1) is 13.4 Å². The topological polar surface area (TPSA) is 80.9 Å². The van der Waals surface area contributed by atoms with Gasteiger partial charge in [-0.25, -0.2) is 4.98 Å². The van der Waals surface area contributed by atoms with Crippen LogP contribution in [0.1, 0.15) is 11.3 Å². The molecule has 0 aliphatic carbocycles. The average Bonchev–Trinajstić information content (AvgIpc) is 3.26. The van der Waals surface area contributed by atoms with Crippen LogP contribution in [0.2, 0.25) is 0 Å². The Bertz CT molecular complexity index is 866. The summed E-state index contributed by atoms with van der Waals surface area (Å²) in [6, 6.07) is 15.0. The zero-order chi connectivity index (χ0) is 19.6. The standard InChI is InChI=1S/C21H24N4O3.HI/c1-22-21(23-12-11-18-4-3-13-27-18)25-15-16-5-10-20(24-14-16)28-19-8-6-17(26-2)7-9-19;/h3-10,13-14H,11-12,15H2,1-2H3,(H2,22,23,25);1H. The number of hydrogen-bond acceptors (Lipinski definition) is 5. The highest BCUT2D eigenvalue weighted by molar-refractivity contribution is 14.0. The molecule has 2 heterocycles. The third kappa shape index (κ3) is 7.30. The van der Waals surface area contributed by atoms with Crippen molar-refractivity contribution >= 4 is 29.9 Å². The fourth-order valence-electron chi connectivity index (χ4n) is 2.51. The van der Waals surface area contributed by atoms with E-state index < -0.39 is 0 Å². The van der Waals surface area contributed by atoms with Gasteiger partial charge in [-0.2, -0.15) is 0 Å². The van der Waals surface area contributed by atoms with Gasteiger partial charge in [0.1, 0.15) is 17.3 Å². The van der Waals surface area contributed by atoms with E-state index in [-0.39, 0.29) is 24.0 Å². The zero-order valence-electron chi connectivity index (χ0n) is 16.4. The van der Waals surface area contributed by atoms with Crippen LogP contribution in [-0.4, -0.2) is 31.6 Å². The van der Waals surface area contributed by atoms with Crippen LogP contribution in [0.3, 0.4) is 0 Å². The molecule has 0 saturated carbocycles. The summed E-state index contributed by atoms with van der Waals surface area (Å²) in [5.74, 6) is 3.70. The summed E-state index contributed by atoms with van der Waals surface area (Å²) in [4.78, 5) is 8.57. The van der Waals surface area contributed by atoms with Gasteiger partial charge < -0.3 is 24.5 Å².